The van der Waals surface area contributed by atoms with Crippen molar-refractivity contribution in [2.75, 3.05) is 0 Å². The molecule has 0 saturated heterocycles. The number of carbonyl (C=O) groups excluding carboxylic acids is 1. The summed E-state index contributed by atoms with van der Waals surface area (Å²) in [7, 11) is 0. The van der Waals surface area contributed by atoms with Crippen LogP contribution < -0.4 is 10.1 Å². The zero-order valence-corrected chi connectivity index (χ0v) is 7.14. The van der Waals surface area contributed by atoms with Crippen LogP contribution in [0, 0.1) is 5.82 Å². The third kappa shape index (κ3) is 4.30. The molecule has 1 aromatic rings. The first-order chi connectivity index (χ1) is 6.87. The van der Waals surface area contributed by atoms with E-state index in [0.717, 1.165) is 24.3 Å². The van der Waals surface area contributed by atoms with Gasteiger partial charge in [-0.3, -0.25) is 0 Å². The summed E-state index contributed by atoms with van der Waals surface area (Å²) in [6.45, 7) is 0. The van der Waals surface area contributed by atoms with E-state index in [0.29, 0.717) is 5.32 Å². The molecule has 7 heteroatoms. The first kappa shape index (κ1) is 11.3. The van der Waals surface area contributed by atoms with Crippen LogP contribution in [-0.4, -0.2) is 12.4 Å². The summed E-state index contributed by atoms with van der Waals surface area (Å²) in [5.41, 5.74) is 0. The minimum absolute atomic E-state index is 0.182. The van der Waals surface area contributed by atoms with Gasteiger partial charge in [-0.05, 0) is 24.3 Å². The highest BCUT2D eigenvalue weighted by Crippen LogP contribution is 2.13. The summed E-state index contributed by atoms with van der Waals surface area (Å²) in [6, 6.07) is 3.98. The van der Waals surface area contributed by atoms with Crippen LogP contribution >= 0.6 is 0 Å². The molecule has 0 heterocycles. The molecule has 0 bridgehead atoms. The topological polar surface area (TPSA) is 38.3 Å². The van der Waals surface area contributed by atoms with Crippen molar-refractivity contribution in [2.45, 2.75) is 6.30 Å². The lowest BCUT2D eigenvalue weighted by Crippen LogP contribution is -2.39. The zero-order chi connectivity index (χ0) is 11.5. The largest absolute Gasteiger partial charge is 0.487 e. The molecule has 0 spiro atoms. The van der Waals surface area contributed by atoms with Crippen molar-refractivity contribution in [3.63, 3.8) is 0 Å². The van der Waals surface area contributed by atoms with Crippen molar-refractivity contribution < 1.29 is 27.1 Å². The summed E-state index contributed by atoms with van der Waals surface area (Å²) in [6.07, 6.45) is -6.52. The minimum atomic E-state index is -4.85. The molecular formula is C8H5F4NO2. The molecule has 0 aliphatic rings. The van der Waals surface area contributed by atoms with Gasteiger partial charge in [0.05, 0.1) is 0 Å². The molecule has 0 atom stereocenters. The highest BCUT2D eigenvalue weighted by molar-refractivity contribution is 5.70. The maximum absolute atomic E-state index is 12.4. The van der Waals surface area contributed by atoms with E-state index in [-0.39, 0.29) is 5.75 Å². The lowest BCUT2D eigenvalue weighted by atomic mass is 10.3. The zero-order valence-electron chi connectivity index (χ0n) is 7.14. The lowest BCUT2D eigenvalue weighted by molar-refractivity contribution is -0.148. The van der Waals surface area contributed by atoms with E-state index in [1.54, 1.807) is 0 Å². The summed E-state index contributed by atoms with van der Waals surface area (Å²) >= 11 is 0. The number of benzene rings is 1. The Morgan fingerprint density at radius 1 is 1.20 bits per heavy atom. The van der Waals surface area contributed by atoms with E-state index >= 15 is 0 Å². The Hall–Kier alpha value is -1.79. The fourth-order valence-corrected chi connectivity index (χ4v) is 0.751. The van der Waals surface area contributed by atoms with Crippen molar-refractivity contribution >= 4 is 6.09 Å². The molecule has 0 fully saturated rings. The highest BCUT2D eigenvalue weighted by atomic mass is 19.4. The number of carbonyl (C=O) groups is 1. The monoisotopic (exact) mass is 223 g/mol. The highest BCUT2D eigenvalue weighted by Gasteiger charge is 2.31. The van der Waals surface area contributed by atoms with Crippen molar-refractivity contribution in [1.82, 2.24) is 5.32 Å². The molecule has 82 valence electrons. The molecule has 0 aliphatic carbocycles. The summed E-state index contributed by atoms with van der Waals surface area (Å²) in [4.78, 5) is 10.6. The van der Waals surface area contributed by atoms with Crippen molar-refractivity contribution in [1.29, 1.82) is 0 Å². The Kier molecular flexibility index (Phi) is 3.13. The van der Waals surface area contributed by atoms with E-state index in [4.69, 9.17) is 0 Å². The molecule has 1 aromatic carbocycles. The van der Waals surface area contributed by atoms with Gasteiger partial charge < -0.3 is 4.74 Å². The van der Waals surface area contributed by atoms with Crippen molar-refractivity contribution in [3.8, 4) is 5.75 Å². The van der Waals surface area contributed by atoms with Gasteiger partial charge in [-0.15, -0.1) is 0 Å². The molecule has 1 N–H and O–H groups in total. The van der Waals surface area contributed by atoms with Gasteiger partial charge in [-0.1, -0.05) is 0 Å². The van der Waals surface area contributed by atoms with E-state index in [1.807, 2.05) is 0 Å². The van der Waals surface area contributed by atoms with Gasteiger partial charge in [0.15, 0.2) is 0 Å². The van der Waals surface area contributed by atoms with Gasteiger partial charge in [0.1, 0.15) is 11.6 Å². The van der Waals surface area contributed by atoms with Crippen LogP contribution in [0.2, 0.25) is 0 Å². The summed E-state index contributed by atoms with van der Waals surface area (Å²) in [5.74, 6) is -0.767. The van der Waals surface area contributed by atoms with Gasteiger partial charge in [0.25, 0.3) is 0 Å². The van der Waals surface area contributed by atoms with Gasteiger partial charge in [-0.2, -0.15) is 13.2 Å². The van der Waals surface area contributed by atoms with Crippen molar-refractivity contribution in [2.24, 2.45) is 0 Å². The van der Waals surface area contributed by atoms with Crippen LogP contribution in [0.4, 0.5) is 22.4 Å². The van der Waals surface area contributed by atoms with Gasteiger partial charge in [-0.25, -0.2) is 14.5 Å². The third-order valence-electron chi connectivity index (χ3n) is 1.27. The second-order valence-corrected chi connectivity index (χ2v) is 2.47. The SMILES string of the molecule is O=C(NC(F)(F)F)Oc1ccc(F)cc1. The van der Waals surface area contributed by atoms with Crippen LogP contribution in [0.25, 0.3) is 0 Å². The number of hydrogen-bond donors (Lipinski definition) is 1. The second-order valence-electron chi connectivity index (χ2n) is 2.47. The van der Waals surface area contributed by atoms with E-state index < -0.39 is 18.2 Å². The van der Waals surface area contributed by atoms with Gasteiger partial charge in [0.2, 0.25) is 0 Å². The molecular weight excluding hydrogens is 218 g/mol. The molecule has 0 aromatic heterocycles. The Morgan fingerprint density at radius 3 is 2.20 bits per heavy atom. The average Bonchev–Trinajstić information content (AvgIpc) is 2.05. The second kappa shape index (κ2) is 4.16. The first-order valence-electron chi connectivity index (χ1n) is 3.69. The Balaban J connectivity index is 2.55. The summed E-state index contributed by atoms with van der Waals surface area (Å²) in [5, 5.41) is 0.627. The number of ether oxygens (including phenoxy) is 1. The minimum Gasteiger partial charge on any atom is -0.410 e. The van der Waals surface area contributed by atoms with Crippen LogP contribution in [0.3, 0.4) is 0 Å². The standard InChI is InChI=1S/C8H5F4NO2/c9-5-1-3-6(4-2-5)15-7(14)13-8(10,11)12/h1-4H,(H,13,14). The Morgan fingerprint density at radius 2 is 1.73 bits per heavy atom. The first-order valence-corrected chi connectivity index (χ1v) is 3.69. The third-order valence-corrected chi connectivity index (χ3v) is 1.27. The molecule has 0 unspecified atom stereocenters. The molecule has 3 nitrogen and oxygen atoms in total. The maximum atomic E-state index is 12.4. The fourth-order valence-electron chi connectivity index (χ4n) is 0.751. The van der Waals surface area contributed by atoms with Crippen molar-refractivity contribution in [3.05, 3.63) is 30.1 Å². The maximum Gasteiger partial charge on any atom is 0.487 e. The van der Waals surface area contributed by atoms with E-state index in [2.05, 4.69) is 4.74 Å². The number of hydrogen-bond acceptors (Lipinski definition) is 2. The number of amides is 1. The summed E-state index contributed by atoms with van der Waals surface area (Å²) < 4.78 is 51.4. The van der Waals surface area contributed by atoms with E-state index in [9.17, 15) is 22.4 Å². The number of halogens is 4. The lowest BCUT2D eigenvalue weighted by Gasteiger charge is -2.08. The predicted molar refractivity (Wildman–Crippen MR) is 41.6 cm³/mol. The Bertz CT molecular complexity index is 347. The Labute approximate surface area is 81.6 Å². The van der Waals surface area contributed by atoms with E-state index in [1.165, 1.54) is 0 Å². The molecule has 0 aliphatic heterocycles. The molecule has 1 rings (SSSR count). The number of alkyl halides is 3. The van der Waals surface area contributed by atoms with Crippen LogP contribution in [0.15, 0.2) is 24.3 Å². The average molecular weight is 223 g/mol. The number of nitrogens with one attached hydrogen (secondary N) is 1. The molecule has 0 radical (unpaired) electrons. The molecule has 1 amide bonds. The fraction of sp³-hybridized carbons (Fsp3) is 0.125. The smallest absolute Gasteiger partial charge is 0.410 e. The quantitative estimate of drug-likeness (QED) is 0.586. The predicted octanol–water partition coefficient (Wildman–Crippen LogP) is 2.43. The van der Waals surface area contributed by atoms with Gasteiger partial charge in [0, 0.05) is 0 Å². The van der Waals surface area contributed by atoms with Crippen LogP contribution in [0.1, 0.15) is 0 Å². The van der Waals surface area contributed by atoms with Gasteiger partial charge >= 0.3 is 12.4 Å². The van der Waals surface area contributed by atoms with Crippen LogP contribution in [0.5, 0.6) is 5.75 Å². The molecule has 0 saturated carbocycles. The molecule has 15 heavy (non-hydrogen) atoms. The number of rotatable bonds is 1. The normalized spacial score (nSPS) is 10.9. The van der Waals surface area contributed by atoms with Crippen LogP contribution in [-0.2, 0) is 0 Å².